The molecule has 112 valence electrons. The minimum atomic E-state index is 0.135. The summed E-state index contributed by atoms with van der Waals surface area (Å²) in [6, 6.07) is 6.80. The third-order valence-electron chi connectivity index (χ3n) is 5.22. The zero-order valence-corrected chi connectivity index (χ0v) is 13.8. The monoisotopic (exact) mass is 274 g/mol. The summed E-state index contributed by atoms with van der Waals surface area (Å²) in [5, 5.41) is 0. The van der Waals surface area contributed by atoms with E-state index in [-0.39, 0.29) is 5.54 Å². The van der Waals surface area contributed by atoms with E-state index in [2.05, 4.69) is 57.8 Å². The Hall–Kier alpha value is -1.02. The number of benzene rings is 1. The van der Waals surface area contributed by atoms with Crippen LogP contribution in [-0.4, -0.2) is 19.1 Å². The van der Waals surface area contributed by atoms with E-state index >= 15 is 0 Å². The van der Waals surface area contributed by atoms with Crippen LogP contribution < -0.4 is 10.6 Å². The summed E-state index contributed by atoms with van der Waals surface area (Å²) in [7, 11) is 2.22. The van der Waals surface area contributed by atoms with E-state index < -0.39 is 0 Å². The lowest BCUT2D eigenvalue weighted by Gasteiger charge is -2.49. The molecule has 0 unspecified atom stereocenters. The highest BCUT2D eigenvalue weighted by atomic mass is 15.2. The molecule has 1 aromatic carbocycles. The smallest absolute Gasteiger partial charge is 0.0521 e. The van der Waals surface area contributed by atoms with Gasteiger partial charge in [0.05, 0.1) is 5.54 Å². The van der Waals surface area contributed by atoms with Crippen LogP contribution in [0.1, 0.15) is 50.7 Å². The molecule has 0 radical (unpaired) electrons. The topological polar surface area (TPSA) is 29.3 Å². The fourth-order valence-electron chi connectivity index (χ4n) is 3.49. The molecule has 2 nitrogen and oxygen atoms in total. The van der Waals surface area contributed by atoms with Gasteiger partial charge in [-0.15, -0.1) is 0 Å². The Morgan fingerprint density at radius 3 is 1.95 bits per heavy atom. The van der Waals surface area contributed by atoms with Crippen LogP contribution in [0.25, 0.3) is 0 Å². The van der Waals surface area contributed by atoms with Crippen LogP contribution >= 0.6 is 0 Å². The van der Waals surface area contributed by atoms with Crippen molar-refractivity contribution in [1.29, 1.82) is 0 Å². The molecule has 0 atom stereocenters. The highest BCUT2D eigenvalue weighted by Gasteiger charge is 2.40. The molecule has 0 aliphatic heterocycles. The Morgan fingerprint density at radius 1 is 1.00 bits per heavy atom. The standard InChI is InChI=1S/C18H30N2/c1-14-10-15(2)12-16(11-14)20(5)18(13-19)8-6-17(3,4)7-9-18/h10-12H,6-9,13,19H2,1-5H3. The molecular weight excluding hydrogens is 244 g/mol. The number of anilines is 1. The second-order valence-corrected chi connectivity index (χ2v) is 7.50. The molecule has 0 bridgehead atoms. The van der Waals surface area contributed by atoms with Gasteiger partial charge in [-0.1, -0.05) is 19.9 Å². The number of nitrogens with two attached hydrogens (primary N) is 1. The van der Waals surface area contributed by atoms with Gasteiger partial charge in [-0.25, -0.2) is 0 Å². The number of likely N-dealkylation sites (N-methyl/N-ethyl adjacent to an activating group) is 1. The normalized spacial score (nSPS) is 20.7. The van der Waals surface area contributed by atoms with Crippen molar-refractivity contribution < 1.29 is 0 Å². The number of hydrogen-bond acceptors (Lipinski definition) is 2. The molecule has 20 heavy (non-hydrogen) atoms. The SMILES string of the molecule is Cc1cc(C)cc(N(C)C2(CN)CCC(C)(C)CC2)c1. The summed E-state index contributed by atoms with van der Waals surface area (Å²) in [6.45, 7) is 9.84. The molecule has 2 heteroatoms. The zero-order valence-electron chi connectivity index (χ0n) is 13.8. The predicted octanol–water partition coefficient (Wildman–Crippen LogP) is 4.04. The van der Waals surface area contributed by atoms with Crippen LogP contribution in [0.15, 0.2) is 18.2 Å². The van der Waals surface area contributed by atoms with Crippen molar-refractivity contribution in [3.05, 3.63) is 29.3 Å². The highest BCUT2D eigenvalue weighted by Crippen LogP contribution is 2.43. The van der Waals surface area contributed by atoms with E-state index in [1.54, 1.807) is 0 Å². The molecule has 2 rings (SSSR count). The van der Waals surface area contributed by atoms with Gasteiger partial charge in [0.15, 0.2) is 0 Å². The fraction of sp³-hybridized carbons (Fsp3) is 0.667. The summed E-state index contributed by atoms with van der Waals surface area (Å²) < 4.78 is 0. The maximum Gasteiger partial charge on any atom is 0.0521 e. The summed E-state index contributed by atoms with van der Waals surface area (Å²) >= 11 is 0. The van der Waals surface area contributed by atoms with E-state index in [9.17, 15) is 0 Å². The quantitative estimate of drug-likeness (QED) is 0.901. The first-order chi connectivity index (χ1) is 9.28. The molecule has 1 fully saturated rings. The molecule has 2 N–H and O–H groups in total. The van der Waals surface area contributed by atoms with Gasteiger partial charge >= 0.3 is 0 Å². The Morgan fingerprint density at radius 2 is 1.50 bits per heavy atom. The van der Waals surface area contributed by atoms with E-state index in [0.29, 0.717) is 5.41 Å². The largest absolute Gasteiger partial charge is 0.368 e. The van der Waals surface area contributed by atoms with Gasteiger partial charge in [0.1, 0.15) is 0 Å². The summed E-state index contributed by atoms with van der Waals surface area (Å²) in [4.78, 5) is 2.45. The average molecular weight is 274 g/mol. The van der Waals surface area contributed by atoms with Gasteiger partial charge in [-0.05, 0) is 68.2 Å². The lowest BCUT2D eigenvalue weighted by atomic mass is 9.68. The number of nitrogens with zero attached hydrogens (tertiary/aromatic N) is 1. The molecule has 0 spiro atoms. The van der Waals surface area contributed by atoms with Crippen LogP contribution in [0.3, 0.4) is 0 Å². The Balaban J connectivity index is 2.27. The molecule has 0 aromatic heterocycles. The summed E-state index contributed by atoms with van der Waals surface area (Å²) in [5.74, 6) is 0. The van der Waals surface area contributed by atoms with Crippen LogP contribution in [0.5, 0.6) is 0 Å². The van der Waals surface area contributed by atoms with Gasteiger partial charge < -0.3 is 10.6 Å². The third-order valence-corrected chi connectivity index (χ3v) is 5.22. The zero-order chi connectivity index (χ0) is 15.0. The highest BCUT2D eigenvalue weighted by molar-refractivity contribution is 5.52. The third kappa shape index (κ3) is 3.01. The van der Waals surface area contributed by atoms with Gasteiger partial charge in [-0.2, -0.15) is 0 Å². The second-order valence-electron chi connectivity index (χ2n) is 7.50. The van der Waals surface area contributed by atoms with Crippen molar-refractivity contribution in [2.45, 2.75) is 58.9 Å². The second kappa shape index (κ2) is 5.40. The Labute approximate surface area is 124 Å². The van der Waals surface area contributed by atoms with Crippen molar-refractivity contribution in [3.8, 4) is 0 Å². The van der Waals surface area contributed by atoms with E-state index in [1.807, 2.05) is 0 Å². The number of hydrogen-bond donors (Lipinski definition) is 1. The van der Waals surface area contributed by atoms with E-state index in [0.717, 1.165) is 6.54 Å². The van der Waals surface area contributed by atoms with Crippen LogP contribution in [-0.2, 0) is 0 Å². The Bertz CT molecular complexity index is 446. The average Bonchev–Trinajstić information content (AvgIpc) is 2.37. The molecule has 1 aliphatic rings. The van der Waals surface area contributed by atoms with Crippen LogP contribution in [0, 0.1) is 19.3 Å². The first-order valence-electron chi connectivity index (χ1n) is 7.80. The minimum absolute atomic E-state index is 0.135. The lowest BCUT2D eigenvalue weighted by molar-refractivity contribution is 0.165. The maximum atomic E-state index is 6.20. The first kappa shape index (κ1) is 15.4. The Kier molecular flexibility index (Phi) is 4.15. The fourth-order valence-corrected chi connectivity index (χ4v) is 3.49. The van der Waals surface area contributed by atoms with Crippen molar-refractivity contribution in [1.82, 2.24) is 0 Å². The lowest BCUT2D eigenvalue weighted by Crippen LogP contribution is -2.55. The van der Waals surface area contributed by atoms with Gasteiger partial charge in [0.25, 0.3) is 0 Å². The minimum Gasteiger partial charge on any atom is -0.368 e. The summed E-state index contributed by atoms with van der Waals surface area (Å²) in [6.07, 6.45) is 4.92. The van der Waals surface area contributed by atoms with E-state index in [1.165, 1.54) is 42.5 Å². The number of aryl methyl sites for hydroxylation is 2. The van der Waals surface area contributed by atoms with Crippen LogP contribution in [0.4, 0.5) is 5.69 Å². The van der Waals surface area contributed by atoms with Crippen LogP contribution in [0.2, 0.25) is 0 Å². The first-order valence-corrected chi connectivity index (χ1v) is 7.80. The van der Waals surface area contributed by atoms with Gasteiger partial charge in [0.2, 0.25) is 0 Å². The van der Waals surface area contributed by atoms with Gasteiger partial charge in [0, 0.05) is 19.3 Å². The molecule has 0 amide bonds. The molecular formula is C18H30N2. The van der Waals surface area contributed by atoms with Crippen molar-refractivity contribution in [2.75, 3.05) is 18.5 Å². The summed E-state index contributed by atoms with van der Waals surface area (Å²) in [5.41, 5.74) is 10.8. The molecule has 0 saturated heterocycles. The maximum absolute atomic E-state index is 6.20. The van der Waals surface area contributed by atoms with Crippen molar-refractivity contribution >= 4 is 5.69 Å². The predicted molar refractivity (Wildman–Crippen MR) is 88.4 cm³/mol. The molecule has 0 heterocycles. The van der Waals surface area contributed by atoms with Crippen molar-refractivity contribution in [2.24, 2.45) is 11.1 Å². The molecule has 1 saturated carbocycles. The molecule has 1 aromatic rings. The van der Waals surface area contributed by atoms with Gasteiger partial charge in [-0.3, -0.25) is 0 Å². The van der Waals surface area contributed by atoms with E-state index in [4.69, 9.17) is 5.73 Å². The molecule has 1 aliphatic carbocycles. The number of rotatable bonds is 3. The van der Waals surface area contributed by atoms with Crippen molar-refractivity contribution in [3.63, 3.8) is 0 Å².